The van der Waals surface area contributed by atoms with E-state index in [1.54, 1.807) is 6.20 Å². The summed E-state index contributed by atoms with van der Waals surface area (Å²) in [5.74, 6) is 0.905. The van der Waals surface area contributed by atoms with E-state index in [2.05, 4.69) is 22.2 Å². The molecule has 0 aliphatic carbocycles. The minimum atomic E-state index is 0.511. The molecule has 4 nitrogen and oxygen atoms in total. The highest BCUT2D eigenvalue weighted by molar-refractivity contribution is 7.15. The van der Waals surface area contributed by atoms with Crippen LogP contribution in [0.4, 0.5) is 5.69 Å². The van der Waals surface area contributed by atoms with E-state index in [0.717, 1.165) is 22.9 Å². The largest absolute Gasteiger partial charge is 0.490 e. The van der Waals surface area contributed by atoms with Crippen molar-refractivity contribution in [2.24, 2.45) is 0 Å². The average molecular weight is 352 g/mol. The van der Waals surface area contributed by atoms with Gasteiger partial charge in [-0.1, -0.05) is 30.2 Å². The maximum atomic E-state index is 6.10. The van der Waals surface area contributed by atoms with Crippen LogP contribution in [0, 0.1) is 0 Å². The molecule has 23 heavy (non-hydrogen) atoms. The van der Waals surface area contributed by atoms with Gasteiger partial charge >= 0.3 is 0 Å². The van der Waals surface area contributed by atoms with Gasteiger partial charge in [0, 0.05) is 17.1 Å². The molecule has 0 amide bonds. The van der Waals surface area contributed by atoms with Crippen LogP contribution in [-0.2, 0) is 6.54 Å². The standard InChI is InChI=1S/C17H22ClN3OS/c1-21-9-5-4-6-13(21)12-22-16-8-3-2-7-15(16)19-10-14-11-20-17(18)23-14/h2-3,7-8,11,13,19H,4-6,9-10,12H2,1H3. The number of nitrogens with one attached hydrogen (secondary N) is 1. The summed E-state index contributed by atoms with van der Waals surface area (Å²) in [4.78, 5) is 7.57. The van der Waals surface area contributed by atoms with Gasteiger partial charge in [-0.2, -0.15) is 0 Å². The van der Waals surface area contributed by atoms with Gasteiger partial charge in [-0.15, -0.1) is 11.3 Å². The molecule has 1 atom stereocenters. The molecule has 1 saturated heterocycles. The number of halogens is 1. The highest BCUT2D eigenvalue weighted by Crippen LogP contribution is 2.27. The minimum Gasteiger partial charge on any atom is -0.490 e. The Morgan fingerprint density at radius 3 is 3.04 bits per heavy atom. The molecule has 1 aromatic heterocycles. The highest BCUT2D eigenvalue weighted by atomic mass is 35.5. The Bertz CT molecular complexity index is 634. The fraction of sp³-hybridized carbons (Fsp3) is 0.471. The van der Waals surface area contributed by atoms with Gasteiger partial charge in [0.1, 0.15) is 12.4 Å². The molecule has 6 heteroatoms. The zero-order chi connectivity index (χ0) is 16.1. The lowest BCUT2D eigenvalue weighted by Gasteiger charge is -2.32. The van der Waals surface area contributed by atoms with Gasteiger partial charge < -0.3 is 15.0 Å². The van der Waals surface area contributed by atoms with Crippen molar-refractivity contribution < 1.29 is 4.74 Å². The summed E-state index contributed by atoms with van der Waals surface area (Å²) in [6.07, 6.45) is 5.61. The molecule has 0 radical (unpaired) electrons. The van der Waals surface area contributed by atoms with E-state index >= 15 is 0 Å². The zero-order valence-corrected chi connectivity index (χ0v) is 14.9. The van der Waals surface area contributed by atoms with Crippen molar-refractivity contribution in [3.8, 4) is 5.75 Å². The van der Waals surface area contributed by atoms with Gasteiger partial charge in [0.2, 0.25) is 0 Å². The predicted molar refractivity (Wildman–Crippen MR) is 96.7 cm³/mol. The molecule has 0 saturated carbocycles. The first-order chi connectivity index (χ1) is 11.2. The average Bonchev–Trinajstić information content (AvgIpc) is 2.98. The van der Waals surface area contributed by atoms with Crippen LogP contribution >= 0.6 is 22.9 Å². The number of rotatable bonds is 6. The lowest BCUT2D eigenvalue weighted by Crippen LogP contribution is -2.40. The van der Waals surface area contributed by atoms with Gasteiger partial charge in [-0.3, -0.25) is 0 Å². The second kappa shape index (κ2) is 7.99. The number of para-hydroxylation sites is 2. The SMILES string of the molecule is CN1CCCCC1COc1ccccc1NCc1cnc(Cl)s1. The predicted octanol–water partition coefficient (Wildman–Crippen LogP) is 4.27. The van der Waals surface area contributed by atoms with Gasteiger partial charge in [0.05, 0.1) is 12.2 Å². The minimum absolute atomic E-state index is 0.511. The molecule has 0 bridgehead atoms. The van der Waals surface area contributed by atoms with Crippen LogP contribution in [0.3, 0.4) is 0 Å². The van der Waals surface area contributed by atoms with E-state index in [1.165, 1.54) is 37.1 Å². The fourth-order valence-electron chi connectivity index (χ4n) is 2.83. The molecule has 124 valence electrons. The second-order valence-electron chi connectivity index (χ2n) is 5.87. The van der Waals surface area contributed by atoms with Gasteiger partial charge in [0.25, 0.3) is 0 Å². The summed E-state index contributed by atoms with van der Waals surface area (Å²) in [6.45, 7) is 2.61. The van der Waals surface area contributed by atoms with E-state index < -0.39 is 0 Å². The smallest absolute Gasteiger partial charge is 0.183 e. The molecule has 2 heterocycles. The normalized spacial score (nSPS) is 18.8. The van der Waals surface area contributed by atoms with Crippen molar-refractivity contribution >= 4 is 28.6 Å². The molecular formula is C17H22ClN3OS. The van der Waals surface area contributed by atoms with E-state index in [4.69, 9.17) is 16.3 Å². The molecule has 1 aliphatic rings. The van der Waals surface area contributed by atoms with Crippen molar-refractivity contribution in [3.05, 3.63) is 39.8 Å². The molecule has 3 rings (SSSR count). The van der Waals surface area contributed by atoms with Crippen LogP contribution in [0.25, 0.3) is 0 Å². The van der Waals surface area contributed by atoms with Crippen LogP contribution in [0.5, 0.6) is 5.75 Å². The quantitative estimate of drug-likeness (QED) is 0.843. The zero-order valence-electron chi connectivity index (χ0n) is 13.3. The van der Waals surface area contributed by atoms with Crippen LogP contribution < -0.4 is 10.1 Å². The lowest BCUT2D eigenvalue weighted by atomic mass is 10.0. The van der Waals surface area contributed by atoms with Gasteiger partial charge in [-0.05, 0) is 38.6 Å². The fourth-order valence-corrected chi connectivity index (χ4v) is 3.74. The summed E-state index contributed by atoms with van der Waals surface area (Å²) < 4.78 is 6.67. The number of likely N-dealkylation sites (tertiary alicyclic amines) is 1. The molecule has 1 unspecified atom stereocenters. The first kappa shape index (κ1) is 16.6. The van der Waals surface area contributed by atoms with Crippen molar-refractivity contribution in [3.63, 3.8) is 0 Å². The number of benzene rings is 1. The Morgan fingerprint density at radius 2 is 2.26 bits per heavy atom. The van der Waals surface area contributed by atoms with Crippen molar-refractivity contribution in [1.29, 1.82) is 0 Å². The maximum absolute atomic E-state index is 6.10. The topological polar surface area (TPSA) is 37.4 Å². The number of hydrogen-bond acceptors (Lipinski definition) is 5. The summed E-state index contributed by atoms with van der Waals surface area (Å²) in [5.41, 5.74) is 1.01. The summed E-state index contributed by atoms with van der Waals surface area (Å²) in [6, 6.07) is 8.60. The van der Waals surface area contributed by atoms with E-state index in [1.807, 2.05) is 24.3 Å². The number of anilines is 1. The monoisotopic (exact) mass is 351 g/mol. The Labute approximate surface area is 146 Å². The first-order valence-electron chi connectivity index (χ1n) is 7.98. The molecule has 1 aliphatic heterocycles. The third-order valence-electron chi connectivity index (χ3n) is 4.22. The third-order valence-corrected chi connectivity index (χ3v) is 5.33. The Kier molecular flexibility index (Phi) is 5.75. The van der Waals surface area contributed by atoms with Crippen molar-refractivity contribution in [2.45, 2.75) is 31.8 Å². The molecular weight excluding hydrogens is 330 g/mol. The van der Waals surface area contributed by atoms with Crippen LogP contribution in [0.2, 0.25) is 4.47 Å². The molecule has 0 spiro atoms. The van der Waals surface area contributed by atoms with Crippen LogP contribution in [-0.4, -0.2) is 36.1 Å². The number of likely N-dealkylation sites (N-methyl/N-ethyl adjacent to an activating group) is 1. The van der Waals surface area contributed by atoms with Crippen LogP contribution in [0.15, 0.2) is 30.5 Å². The summed E-state index contributed by atoms with van der Waals surface area (Å²) >= 11 is 7.37. The Morgan fingerprint density at radius 1 is 1.39 bits per heavy atom. The van der Waals surface area contributed by atoms with E-state index in [0.29, 0.717) is 17.1 Å². The highest BCUT2D eigenvalue weighted by Gasteiger charge is 2.19. The second-order valence-corrected chi connectivity index (χ2v) is 7.57. The number of hydrogen-bond donors (Lipinski definition) is 1. The molecule has 1 fully saturated rings. The van der Waals surface area contributed by atoms with Crippen LogP contribution in [0.1, 0.15) is 24.1 Å². The third kappa shape index (κ3) is 4.59. The molecule has 1 aromatic carbocycles. The van der Waals surface area contributed by atoms with Gasteiger partial charge in [0.15, 0.2) is 4.47 Å². The molecule has 1 N–H and O–H groups in total. The van der Waals surface area contributed by atoms with Crippen molar-refractivity contribution in [1.82, 2.24) is 9.88 Å². The van der Waals surface area contributed by atoms with E-state index in [-0.39, 0.29) is 0 Å². The summed E-state index contributed by atoms with van der Waals surface area (Å²) in [7, 11) is 2.19. The number of ether oxygens (including phenoxy) is 1. The summed E-state index contributed by atoms with van der Waals surface area (Å²) in [5, 5.41) is 3.41. The maximum Gasteiger partial charge on any atom is 0.183 e. The number of piperidine rings is 1. The lowest BCUT2D eigenvalue weighted by molar-refractivity contribution is 0.125. The first-order valence-corrected chi connectivity index (χ1v) is 9.18. The molecule has 2 aromatic rings. The van der Waals surface area contributed by atoms with Crippen molar-refractivity contribution in [2.75, 3.05) is 25.5 Å². The number of nitrogens with zero attached hydrogens (tertiary/aromatic N) is 2. The Balaban J connectivity index is 1.58. The number of thiazole rings is 1. The Hall–Kier alpha value is -1.30. The van der Waals surface area contributed by atoms with E-state index in [9.17, 15) is 0 Å². The number of aromatic nitrogens is 1. The van der Waals surface area contributed by atoms with Gasteiger partial charge in [-0.25, -0.2) is 4.98 Å².